The van der Waals surface area contributed by atoms with Gasteiger partial charge in [0, 0.05) is 24.2 Å². The van der Waals surface area contributed by atoms with Gasteiger partial charge in [0.25, 0.3) is 0 Å². The smallest absolute Gasteiger partial charge is 0.325 e. The van der Waals surface area contributed by atoms with E-state index in [-0.39, 0.29) is 31.8 Å². The number of allylic oxidation sites excluding steroid dienone is 3. The predicted octanol–water partition coefficient (Wildman–Crippen LogP) is 0.699. The van der Waals surface area contributed by atoms with E-state index in [0.29, 0.717) is 24.7 Å². The quantitative estimate of drug-likeness (QED) is 0.176. The molecule has 0 aliphatic carbocycles. The molecule has 48 heavy (non-hydrogen) atoms. The lowest BCUT2D eigenvalue weighted by Crippen LogP contribution is -2.63. The van der Waals surface area contributed by atoms with E-state index in [1.54, 1.807) is 65.8 Å². The van der Waals surface area contributed by atoms with Gasteiger partial charge in [0.05, 0.1) is 36.9 Å². The molecule has 1 saturated heterocycles. The highest BCUT2D eigenvalue weighted by molar-refractivity contribution is 5.91. The molecule has 0 bridgehead atoms. The molecule has 0 aromatic heterocycles. The summed E-state index contributed by atoms with van der Waals surface area (Å²) >= 11 is 0. The summed E-state index contributed by atoms with van der Waals surface area (Å²) in [5.41, 5.74) is 0.638. The van der Waals surface area contributed by atoms with Crippen LogP contribution in [0.5, 0.6) is 0 Å². The van der Waals surface area contributed by atoms with Crippen molar-refractivity contribution in [2.45, 2.75) is 109 Å². The van der Waals surface area contributed by atoms with E-state index in [0.717, 1.165) is 0 Å². The highest BCUT2D eigenvalue weighted by atomic mass is 16.7. The molecule has 1 fully saturated rings. The summed E-state index contributed by atoms with van der Waals surface area (Å²) < 4.78 is 23.4. The zero-order valence-corrected chi connectivity index (χ0v) is 29.0. The average Bonchev–Trinajstić information content (AvgIpc) is 3.03. The van der Waals surface area contributed by atoms with Gasteiger partial charge in [-0.3, -0.25) is 19.2 Å². The number of cyclic esters (lactones) is 1. The number of rotatable bonds is 11. The van der Waals surface area contributed by atoms with Crippen LogP contribution in [0.2, 0.25) is 0 Å². The Balaban J connectivity index is 2.49. The van der Waals surface area contributed by atoms with Crippen LogP contribution in [0.15, 0.2) is 23.8 Å². The first kappa shape index (κ1) is 41.2. The molecule has 0 spiro atoms. The van der Waals surface area contributed by atoms with Crippen molar-refractivity contribution in [2.24, 2.45) is 23.7 Å². The number of aldehydes is 1. The van der Waals surface area contributed by atoms with Gasteiger partial charge in [0.1, 0.15) is 31.6 Å². The van der Waals surface area contributed by atoms with Crippen LogP contribution in [-0.4, -0.2) is 127 Å². The Morgan fingerprint density at radius 2 is 1.79 bits per heavy atom. The molecule has 2 rings (SSSR count). The third-order valence-electron chi connectivity index (χ3n) is 9.12. The van der Waals surface area contributed by atoms with Gasteiger partial charge >= 0.3 is 11.9 Å². The van der Waals surface area contributed by atoms with Crippen LogP contribution in [0, 0.1) is 23.7 Å². The van der Waals surface area contributed by atoms with Crippen molar-refractivity contribution >= 4 is 30.4 Å². The lowest BCUT2D eigenvalue weighted by molar-refractivity contribution is -0.304. The Morgan fingerprint density at radius 1 is 1.10 bits per heavy atom. The number of aliphatic hydroxyl groups is 3. The number of esters is 2. The Bertz CT molecular complexity index is 1140. The van der Waals surface area contributed by atoms with Gasteiger partial charge in [0.2, 0.25) is 6.41 Å². The van der Waals surface area contributed by atoms with Gasteiger partial charge in [-0.15, -0.1) is 0 Å². The maximum absolute atomic E-state index is 13.3. The Morgan fingerprint density at radius 3 is 2.40 bits per heavy atom. The van der Waals surface area contributed by atoms with Crippen LogP contribution in [0.4, 0.5) is 0 Å². The third kappa shape index (κ3) is 11.8. The van der Waals surface area contributed by atoms with Crippen LogP contribution in [0.25, 0.3) is 0 Å². The van der Waals surface area contributed by atoms with Gasteiger partial charge < -0.3 is 49.3 Å². The molecule has 4 N–H and O–H groups in total. The maximum atomic E-state index is 13.3. The van der Waals surface area contributed by atoms with Gasteiger partial charge in [-0.05, 0) is 52.8 Å². The molecule has 1 amide bonds. The third-order valence-corrected chi connectivity index (χ3v) is 9.12. The van der Waals surface area contributed by atoms with Crippen LogP contribution in [0.3, 0.4) is 0 Å². The van der Waals surface area contributed by atoms with Crippen molar-refractivity contribution < 1.29 is 58.2 Å². The first-order chi connectivity index (χ1) is 22.6. The Kier molecular flexibility index (Phi) is 17.0. The van der Waals surface area contributed by atoms with Crippen molar-refractivity contribution in [3.05, 3.63) is 23.8 Å². The molecule has 14 heteroatoms. The fraction of sp³-hybridized carbons (Fsp3) is 0.735. The molecule has 14 nitrogen and oxygen atoms in total. The number of carbonyl (C=O) groups is 5. The number of amides is 1. The molecule has 272 valence electrons. The summed E-state index contributed by atoms with van der Waals surface area (Å²) in [6.07, 6.45) is -1.51. The molecule has 0 aromatic carbocycles. The molecule has 2 aliphatic rings. The number of ether oxygens (including phenoxy) is 4. The lowest BCUT2D eigenvalue weighted by atomic mass is 9.79. The van der Waals surface area contributed by atoms with Crippen LogP contribution >= 0.6 is 0 Å². The van der Waals surface area contributed by atoms with E-state index in [1.165, 1.54) is 6.08 Å². The molecule has 0 radical (unpaired) electrons. The van der Waals surface area contributed by atoms with Crippen LogP contribution in [0.1, 0.15) is 60.3 Å². The monoisotopic (exact) mass is 682 g/mol. The Hall–Kier alpha value is -3.01. The second kappa shape index (κ2) is 19.9. The molecular formula is C34H54N2O12. The molecule has 2 aliphatic heterocycles. The van der Waals surface area contributed by atoms with E-state index in [1.807, 2.05) is 0 Å². The fourth-order valence-corrected chi connectivity index (χ4v) is 6.28. The van der Waals surface area contributed by atoms with Crippen molar-refractivity contribution in [3.63, 3.8) is 0 Å². The number of hydrogen-bond donors (Lipinski definition) is 4. The zero-order chi connectivity index (χ0) is 36.1. The normalized spacial score (nSPS) is 37.5. The number of nitrogens with zero attached hydrogens (tertiary/aromatic N) is 1. The van der Waals surface area contributed by atoms with Crippen molar-refractivity contribution in [3.8, 4) is 0 Å². The summed E-state index contributed by atoms with van der Waals surface area (Å²) in [5.74, 6) is -4.25. The summed E-state index contributed by atoms with van der Waals surface area (Å²) in [5, 5.41) is 35.5. The molecular weight excluding hydrogens is 628 g/mol. The van der Waals surface area contributed by atoms with Crippen LogP contribution in [-0.2, 0) is 42.9 Å². The average molecular weight is 683 g/mol. The second-order valence-electron chi connectivity index (χ2n) is 13.1. The maximum Gasteiger partial charge on any atom is 0.325 e. The highest BCUT2D eigenvalue weighted by Crippen LogP contribution is 2.34. The van der Waals surface area contributed by atoms with Crippen LogP contribution < -0.4 is 5.32 Å². The lowest BCUT2D eigenvalue weighted by Gasteiger charge is -2.46. The van der Waals surface area contributed by atoms with E-state index >= 15 is 0 Å². The Labute approximate surface area is 282 Å². The van der Waals surface area contributed by atoms with Gasteiger partial charge in [-0.1, -0.05) is 38.5 Å². The summed E-state index contributed by atoms with van der Waals surface area (Å²) in [4.78, 5) is 62.8. The van der Waals surface area contributed by atoms with E-state index in [4.69, 9.17) is 18.9 Å². The number of hydrogen-bond acceptors (Lipinski definition) is 13. The first-order valence-corrected chi connectivity index (χ1v) is 16.5. The predicted molar refractivity (Wildman–Crippen MR) is 173 cm³/mol. The number of carbonyl (C=O) groups excluding carboxylic acids is 5. The summed E-state index contributed by atoms with van der Waals surface area (Å²) in [6, 6.07) is -0.744. The van der Waals surface area contributed by atoms with E-state index in [9.17, 15) is 39.3 Å². The first-order valence-electron chi connectivity index (χ1n) is 16.5. The molecule has 12 atom stereocenters. The highest BCUT2D eigenvalue weighted by Gasteiger charge is 2.47. The molecule has 0 unspecified atom stereocenters. The fourth-order valence-electron chi connectivity index (χ4n) is 6.28. The van der Waals surface area contributed by atoms with Gasteiger partial charge in [0.15, 0.2) is 12.1 Å². The topological polar surface area (TPSA) is 198 Å². The number of nitrogens with one attached hydrogen (secondary N) is 1. The minimum absolute atomic E-state index is 0.0365. The van der Waals surface area contributed by atoms with Crippen molar-refractivity contribution in [1.82, 2.24) is 10.2 Å². The molecule has 0 aromatic rings. The molecule has 2 heterocycles. The van der Waals surface area contributed by atoms with Gasteiger partial charge in [-0.25, -0.2) is 0 Å². The SMILES string of the molecule is CC[C@H]1OC(=O)C[C@@H](O)[C@H](C)[C@@H](O[C@@H]2O[C@H](C)[C@@H](O)[C@H](N(C)C)[C@H]2O)[C@@H](CC=O)C[C@@H](C)C(=O)/C=C/C(C)=C/[C@@H]1COC(=O)CNC=O. The number of ketones is 1. The summed E-state index contributed by atoms with van der Waals surface area (Å²) in [6.45, 7) is 8.03. The van der Waals surface area contributed by atoms with E-state index < -0.39 is 91.0 Å². The second-order valence-corrected chi connectivity index (χ2v) is 13.1. The van der Waals surface area contributed by atoms with Crippen molar-refractivity contribution in [1.29, 1.82) is 0 Å². The number of aliphatic hydroxyl groups excluding tert-OH is 3. The number of likely N-dealkylation sites (N-methyl/N-ethyl adjacent to an activating group) is 1. The minimum Gasteiger partial charge on any atom is -0.464 e. The largest absolute Gasteiger partial charge is 0.464 e. The van der Waals surface area contributed by atoms with Crippen molar-refractivity contribution in [2.75, 3.05) is 27.2 Å². The standard InChI is InChI=1S/C34H54N2O12/c1-8-27-24(17-45-29(42)16-35-18-38)13-19(2)9-10-25(39)20(3)14-23(11-12-37)33(21(4)26(40)15-28(41)47-27)48-34-32(44)30(36(6)7)31(43)22(5)46-34/h9-10,12-13,18,20-24,26-27,30-34,40,43-44H,8,11,14-17H2,1-7H3,(H,35,38)/b10-9+,19-13+/t20-,21+,22-,23+,24-,26-,27-,30+,31-,32-,33-,34+/m1/s1. The van der Waals surface area contributed by atoms with E-state index in [2.05, 4.69) is 5.32 Å². The zero-order valence-electron chi connectivity index (χ0n) is 29.0. The van der Waals surface area contributed by atoms with Gasteiger partial charge in [-0.2, -0.15) is 0 Å². The molecule has 0 saturated carbocycles. The minimum atomic E-state index is -1.33. The summed E-state index contributed by atoms with van der Waals surface area (Å²) in [7, 11) is 3.40.